The average Bonchev–Trinajstić information content (AvgIpc) is 3.07. The summed E-state index contributed by atoms with van der Waals surface area (Å²) in [6.07, 6.45) is 3.12. The van der Waals surface area contributed by atoms with Crippen molar-refractivity contribution in [3.63, 3.8) is 0 Å². The summed E-state index contributed by atoms with van der Waals surface area (Å²) < 4.78 is 5.14. The Hall–Kier alpha value is -3.27. The smallest absolute Gasteiger partial charge is 0.407 e. The highest BCUT2D eigenvalue weighted by atomic mass is 32.1. The standard InChI is InChI=1S/C21H26N6O3S/c1-21(2,3)30-20(29)23-9-8-17(28)26-19-25-16-7-6-15(24-18(16)31-19)13-10-14(27(4)5)12-22-11-13/h6-7,10-12H,8-9H2,1-5H3,(H,23,29)(H,25,26,28). The number of hydrogen-bond acceptors (Lipinski definition) is 8. The van der Waals surface area contributed by atoms with Gasteiger partial charge in [-0.1, -0.05) is 11.3 Å². The van der Waals surface area contributed by atoms with Crippen LogP contribution in [0.15, 0.2) is 30.6 Å². The van der Waals surface area contributed by atoms with Crippen LogP contribution in [0.2, 0.25) is 0 Å². The molecule has 3 aromatic rings. The Morgan fingerprint density at radius 3 is 2.65 bits per heavy atom. The van der Waals surface area contributed by atoms with E-state index in [0.29, 0.717) is 10.6 Å². The van der Waals surface area contributed by atoms with Gasteiger partial charge in [-0.2, -0.15) is 0 Å². The zero-order valence-electron chi connectivity index (χ0n) is 18.2. The summed E-state index contributed by atoms with van der Waals surface area (Å²) >= 11 is 1.30. The van der Waals surface area contributed by atoms with E-state index in [-0.39, 0.29) is 18.9 Å². The monoisotopic (exact) mass is 442 g/mol. The molecule has 2 amide bonds. The average molecular weight is 443 g/mol. The minimum atomic E-state index is -0.580. The molecule has 0 aromatic carbocycles. The number of hydrogen-bond donors (Lipinski definition) is 2. The van der Waals surface area contributed by atoms with E-state index >= 15 is 0 Å². The summed E-state index contributed by atoms with van der Waals surface area (Å²) in [5, 5.41) is 5.77. The van der Waals surface area contributed by atoms with E-state index in [0.717, 1.165) is 21.8 Å². The van der Waals surface area contributed by atoms with Gasteiger partial charge >= 0.3 is 6.09 Å². The quantitative estimate of drug-likeness (QED) is 0.599. The van der Waals surface area contributed by atoms with Crippen LogP contribution in [0.4, 0.5) is 15.6 Å². The molecule has 0 spiro atoms. The molecule has 2 N–H and O–H groups in total. The Bertz CT molecular complexity index is 1090. The molecule has 3 heterocycles. The van der Waals surface area contributed by atoms with Crippen LogP contribution in [0.5, 0.6) is 0 Å². The molecule has 0 aliphatic heterocycles. The summed E-state index contributed by atoms with van der Waals surface area (Å²) in [7, 11) is 3.91. The third-order valence-electron chi connectivity index (χ3n) is 4.06. The van der Waals surface area contributed by atoms with E-state index in [1.165, 1.54) is 11.3 Å². The molecule has 0 bridgehead atoms. The zero-order valence-corrected chi connectivity index (χ0v) is 19.0. The van der Waals surface area contributed by atoms with E-state index in [1.54, 1.807) is 33.2 Å². The van der Waals surface area contributed by atoms with Crippen molar-refractivity contribution < 1.29 is 14.3 Å². The molecule has 3 aromatic heterocycles. The number of ether oxygens (including phenoxy) is 1. The molecule has 0 aliphatic carbocycles. The first-order valence-corrected chi connectivity index (χ1v) is 10.6. The Morgan fingerprint density at radius 1 is 1.16 bits per heavy atom. The molecule has 0 atom stereocenters. The Morgan fingerprint density at radius 2 is 1.94 bits per heavy atom. The van der Waals surface area contributed by atoms with Gasteiger partial charge in [0.25, 0.3) is 0 Å². The van der Waals surface area contributed by atoms with Gasteiger partial charge in [-0.25, -0.2) is 14.8 Å². The molecular formula is C21H26N6O3S. The number of anilines is 2. The minimum Gasteiger partial charge on any atom is -0.444 e. The van der Waals surface area contributed by atoms with Gasteiger partial charge in [-0.3, -0.25) is 9.78 Å². The van der Waals surface area contributed by atoms with Crippen LogP contribution in [0.1, 0.15) is 27.2 Å². The highest BCUT2D eigenvalue weighted by Crippen LogP contribution is 2.28. The lowest BCUT2D eigenvalue weighted by atomic mass is 10.2. The summed E-state index contributed by atoms with van der Waals surface area (Å²) in [4.78, 5) is 39.9. The Labute approximate surface area is 184 Å². The van der Waals surface area contributed by atoms with E-state index in [2.05, 4.69) is 25.6 Å². The summed E-state index contributed by atoms with van der Waals surface area (Å²) in [6.45, 7) is 5.51. The van der Waals surface area contributed by atoms with Crippen LogP contribution in [-0.2, 0) is 9.53 Å². The van der Waals surface area contributed by atoms with Crippen molar-refractivity contribution in [3.05, 3.63) is 30.6 Å². The molecule has 9 nitrogen and oxygen atoms in total. The molecule has 3 rings (SSSR count). The van der Waals surface area contributed by atoms with Crippen LogP contribution < -0.4 is 15.5 Å². The van der Waals surface area contributed by atoms with Crippen molar-refractivity contribution >= 4 is 44.5 Å². The summed E-state index contributed by atoms with van der Waals surface area (Å²) in [6, 6.07) is 5.77. The number of nitrogens with one attached hydrogen (secondary N) is 2. The second-order valence-electron chi connectivity index (χ2n) is 8.09. The first kappa shape index (κ1) is 22.4. The van der Waals surface area contributed by atoms with Crippen molar-refractivity contribution in [2.24, 2.45) is 0 Å². The SMILES string of the molecule is CN(C)c1cncc(-c2ccc3nc(NC(=O)CCNC(=O)OC(C)(C)C)sc3n2)c1. The second-order valence-corrected chi connectivity index (χ2v) is 9.07. The first-order chi connectivity index (χ1) is 14.6. The second kappa shape index (κ2) is 9.25. The molecule has 0 radical (unpaired) electrons. The summed E-state index contributed by atoms with van der Waals surface area (Å²) in [5.74, 6) is -0.252. The molecule has 0 saturated carbocycles. The fourth-order valence-corrected chi connectivity index (χ4v) is 3.47. The maximum atomic E-state index is 12.2. The van der Waals surface area contributed by atoms with Crippen molar-refractivity contribution in [3.8, 4) is 11.3 Å². The van der Waals surface area contributed by atoms with Crippen LogP contribution in [0.25, 0.3) is 21.6 Å². The van der Waals surface area contributed by atoms with Crippen molar-refractivity contribution in [1.82, 2.24) is 20.3 Å². The van der Waals surface area contributed by atoms with Crippen molar-refractivity contribution in [1.29, 1.82) is 0 Å². The topological polar surface area (TPSA) is 109 Å². The third-order valence-corrected chi connectivity index (χ3v) is 4.94. The van der Waals surface area contributed by atoms with Gasteiger partial charge in [0.05, 0.1) is 17.6 Å². The minimum absolute atomic E-state index is 0.108. The van der Waals surface area contributed by atoms with E-state index < -0.39 is 11.7 Å². The first-order valence-electron chi connectivity index (χ1n) is 9.78. The predicted octanol–water partition coefficient (Wildman–Crippen LogP) is 3.67. The highest BCUT2D eigenvalue weighted by Gasteiger charge is 2.16. The largest absolute Gasteiger partial charge is 0.444 e. The van der Waals surface area contributed by atoms with Gasteiger partial charge < -0.3 is 20.3 Å². The van der Waals surface area contributed by atoms with E-state index in [4.69, 9.17) is 4.74 Å². The predicted molar refractivity (Wildman–Crippen MR) is 122 cm³/mol. The van der Waals surface area contributed by atoms with Crippen LogP contribution in [0, 0.1) is 0 Å². The number of nitrogens with zero attached hydrogens (tertiary/aromatic N) is 4. The number of amides is 2. The van der Waals surface area contributed by atoms with Gasteiger partial charge in [-0.05, 0) is 39.0 Å². The summed E-state index contributed by atoms with van der Waals surface area (Å²) in [5.41, 5.74) is 2.79. The number of aromatic nitrogens is 3. The van der Waals surface area contributed by atoms with Crippen molar-refractivity contribution in [2.45, 2.75) is 32.8 Å². The number of thiazole rings is 1. The molecule has 10 heteroatoms. The van der Waals surface area contributed by atoms with Gasteiger partial charge in [0.1, 0.15) is 15.9 Å². The van der Waals surface area contributed by atoms with Gasteiger partial charge in [0, 0.05) is 38.8 Å². The van der Waals surface area contributed by atoms with E-state index in [9.17, 15) is 9.59 Å². The molecule has 0 unspecified atom stereocenters. The zero-order chi connectivity index (χ0) is 22.6. The molecule has 31 heavy (non-hydrogen) atoms. The van der Waals surface area contributed by atoms with Crippen LogP contribution in [-0.4, -0.2) is 53.2 Å². The number of rotatable bonds is 6. The third kappa shape index (κ3) is 6.35. The molecule has 0 aliphatic rings. The number of carbonyl (C=O) groups excluding carboxylic acids is 2. The van der Waals surface area contributed by atoms with Crippen LogP contribution >= 0.6 is 11.3 Å². The Balaban J connectivity index is 1.62. The van der Waals surface area contributed by atoms with Gasteiger partial charge in [0.2, 0.25) is 5.91 Å². The lowest BCUT2D eigenvalue weighted by Crippen LogP contribution is -2.34. The van der Waals surface area contributed by atoms with Gasteiger partial charge in [-0.15, -0.1) is 0 Å². The lowest BCUT2D eigenvalue weighted by molar-refractivity contribution is -0.116. The van der Waals surface area contributed by atoms with Crippen LogP contribution in [0.3, 0.4) is 0 Å². The maximum Gasteiger partial charge on any atom is 0.407 e. The number of fused-ring (bicyclic) bond motifs is 1. The fraction of sp³-hybridized carbons (Fsp3) is 0.381. The number of carbonyl (C=O) groups is 2. The maximum absolute atomic E-state index is 12.2. The number of alkyl carbamates (subject to hydrolysis) is 1. The highest BCUT2D eigenvalue weighted by molar-refractivity contribution is 7.22. The molecule has 0 fully saturated rings. The van der Waals surface area contributed by atoms with Crippen molar-refractivity contribution in [2.75, 3.05) is 30.9 Å². The lowest BCUT2D eigenvalue weighted by Gasteiger charge is -2.19. The molecule has 0 saturated heterocycles. The normalized spacial score (nSPS) is 11.3. The fourth-order valence-electron chi connectivity index (χ4n) is 2.62. The van der Waals surface area contributed by atoms with E-state index in [1.807, 2.05) is 37.2 Å². The molecular weight excluding hydrogens is 416 g/mol. The Kier molecular flexibility index (Phi) is 6.69. The van der Waals surface area contributed by atoms with Gasteiger partial charge in [0.15, 0.2) is 5.13 Å². The molecule has 164 valence electrons. The number of pyridine rings is 2.